The summed E-state index contributed by atoms with van der Waals surface area (Å²) in [7, 11) is 0. The summed E-state index contributed by atoms with van der Waals surface area (Å²) in [5.41, 5.74) is 5.28. The van der Waals surface area contributed by atoms with Crippen LogP contribution in [0, 0.1) is 12.1 Å². The Hall–Kier alpha value is -3.94. The summed E-state index contributed by atoms with van der Waals surface area (Å²) in [5, 5.41) is 23.1. The molecule has 156 valence electrons. The van der Waals surface area contributed by atoms with Gasteiger partial charge in [0, 0.05) is 18.3 Å². The Morgan fingerprint density at radius 2 is 1.77 bits per heavy atom. The van der Waals surface area contributed by atoms with Gasteiger partial charge in [0.05, 0.1) is 16.7 Å². The number of rotatable bonds is 5. The van der Waals surface area contributed by atoms with Crippen LogP contribution in [0.15, 0.2) is 66.7 Å². The first kappa shape index (κ1) is 20.3. The van der Waals surface area contributed by atoms with Crippen molar-refractivity contribution in [3.63, 3.8) is 0 Å². The highest BCUT2D eigenvalue weighted by Gasteiger charge is 2.11. The number of amides is 1. The minimum atomic E-state index is -0.170. The van der Waals surface area contributed by atoms with Crippen LogP contribution in [0.1, 0.15) is 23.9 Å². The average molecular weight is 413 g/mol. The highest BCUT2D eigenvalue weighted by Crippen LogP contribution is 2.27. The Morgan fingerprint density at radius 3 is 2.42 bits per heavy atom. The topological polar surface area (TPSA) is 93.5 Å². The van der Waals surface area contributed by atoms with Gasteiger partial charge in [0.15, 0.2) is 0 Å². The molecule has 7 nitrogen and oxygen atoms in total. The highest BCUT2D eigenvalue weighted by atomic mass is 16.8. The van der Waals surface area contributed by atoms with Gasteiger partial charge < -0.3 is 15.8 Å². The number of benzene rings is 3. The van der Waals surface area contributed by atoms with Crippen LogP contribution in [0.3, 0.4) is 0 Å². The molecule has 0 spiro atoms. The first-order valence-electron chi connectivity index (χ1n) is 9.72. The molecule has 0 aliphatic carbocycles. The van der Waals surface area contributed by atoms with Crippen molar-refractivity contribution in [1.82, 2.24) is 9.55 Å². The maximum Gasteiger partial charge on any atom is 0.221 e. The Bertz CT molecular complexity index is 1260. The molecule has 0 bridgehead atoms. The van der Waals surface area contributed by atoms with Gasteiger partial charge in [0.2, 0.25) is 5.91 Å². The monoisotopic (exact) mass is 413 g/mol. The predicted octanol–water partition coefficient (Wildman–Crippen LogP) is 5.16. The lowest BCUT2D eigenvalue weighted by atomic mass is 10.2. The van der Waals surface area contributed by atoms with Crippen molar-refractivity contribution in [3.8, 4) is 5.69 Å². The molecule has 0 atom stereocenters. The minimum absolute atomic E-state index is 0.116. The van der Waals surface area contributed by atoms with E-state index in [2.05, 4.69) is 10.3 Å². The van der Waals surface area contributed by atoms with Gasteiger partial charge in [-0.05, 0) is 61.0 Å². The van der Waals surface area contributed by atoms with Crippen molar-refractivity contribution in [2.75, 3.05) is 10.5 Å². The predicted molar refractivity (Wildman–Crippen MR) is 123 cm³/mol. The van der Waals surface area contributed by atoms with Crippen molar-refractivity contribution < 1.29 is 10.0 Å². The van der Waals surface area contributed by atoms with E-state index in [-0.39, 0.29) is 16.8 Å². The average Bonchev–Trinajstić information content (AvgIpc) is 3.11. The molecule has 0 aliphatic heterocycles. The van der Waals surface area contributed by atoms with Crippen LogP contribution in [-0.2, 0) is 4.79 Å². The number of carbonyl (C=O) groups is 1. The summed E-state index contributed by atoms with van der Waals surface area (Å²) in [6.45, 7) is 3.50. The highest BCUT2D eigenvalue weighted by molar-refractivity contribution is 5.89. The first-order valence-corrected chi connectivity index (χ1v) is 9.72. The number of anilines is 2. The molecule has 0 saturated heterocycles. The van der Waals surface area contributed by atoms with E-state index in [0.29, 0.717) is 11.3 Å². The molecule has 2 N–H and O–H groups in total. The molecule has 4 rings (SSSR count). The number of hydrogen-bond acceptors (Lipinski definition) is 5. The molecule has 0 unspecified atom stereocenters. The van der Waals surface area contributed by atoms with Gasteiger partial charge in [-0.2, -0.15) is 0 Å². The SMILES string of the molecule is CC(=O)Nc1ccc(C=Cc2nc3cc(N([O-])O)ccc3n2-c2ccc(C)cc2)cc1. The molecule has 1 aromatic heterocycles. The number of hydrogen-bond donors (Lipinski definition) is 2. The Morgan fingerprint density at radius 1 is 1.06 bits per heavy atom. The third kappa shape index (κ3) is 4.48. The van der Waals surface area contributed by atoms with Gasteiger partial charge in [-0.25, -0.2) is 4.98 Å². The van der Waals surface area contributed by atoms with Crippen molar-refractivity contribution in [2.45, 2.75) is 13.8 Å². The molecule has 1 heterocycles. The van der Waals surface area contributed by atoms with E-state index in [1.54, 1.807) is 18.2 Å². The molecule has 0 radical (unpaired) electrons. The van der Waals surface area contributed by atoms with Gasteiger partial charge in [-0.15, -0.1) is 0 Å². The summed E-state index contributed by atoms with van der Waals surface area (Å²) in [6.07, 6.45) is 3.82. The second kappa shape index (κ2) is 8.43. The molecule has 31 heavy (non-hydrogen) atoms. The van der Waals surface area contributed by atoms with E-state index in [4.69, 9.17) is 0 Å². The fourth-order valence-electron chi connectivity index (χ4n) is 3.33. The van der Waals surface area contributed by atoms with Gasteiger partial charge in [-0.1, -0.05) is 35.9 Å². The Kier molecular flexibility index (Phi) is 5.53. The van der Waals surface area contributed by atoms with E-state index in [9.17, 15) is 15.2 Å². The summed E-state index contributed by atoms with van der Waals surface area (Å²) in [5.74, 6) is 0.561. The molecular weight excluding hydrogens is 392 g/mol. The van der Waals surface area contributed by atoms with Crippen LogP contribution in [0.4, 0.5) is 11.4 Å². The van der Waals surface area contributed by atoms with E-state index in [1.165, 1.54) is 6.92 Å². The van der Waals surface area contributed by atoms with Gasteiger partial charge in [-0.3, -0.25) is 14.6 Å². The number of aryl methyl sites for hydroxylation is 1. The lowest BCUT2D eigenvalue weighted by Crippen LogP contribution is -2.06. The number of aromatic nitrogens is 2. The van der Waals surface area contributed by atoms with Crippen LogP contribution in [0.25, 0.3) is 28.9 Å². The van der Waals surface area contributed by atoms with Crippen LogP contribution in [0.2, 0.25) is 0 Å². The second-order valence-corrected chi connectivity index (χ2v) is 7.22. The van der Waals surface area contributed by atoms with Crippen LogP contribution in [0.5, 0.6) is 0 Å². The molecule has 3 aromatic carbocycles. The van der Waals surface area contributed by atoms with E-state index in [1.807, 2.05) is 72.2 Å². The van der Waals surface area contributed by atoms with Crippen molar-refractivity contribution in [2.24, 2.45) is 0 Å². The van der Waals surface area contributed by atoms with Crippen LogP contribution < -0.4 is 10.5 Å². The summed E-state index contributed by atoms with van der Waals surface area (Å²) < 4.78 is 1.99. The van der Waals surface area contributed by atoms with Crippen molar-refractivity contribution >= 4 is 40.5 Å². The van der Waals surface area contributed by atoms with Crippen molar-refractivity contribution in [1.29, 1.82) is 0 Å². The molecule has 0 aliphatic rings. The standard InChI is InChI=1S/C24H21N4O3/c1-16-3-10-20(11-4-16)27-23-13-12-21(28(30)31)15-22(23)26-24(27)14-7-18-5-8-19(9-6-18)25-17(2)29/h3-15,30H,1-2H3,(H,25,29)/q-1. The zero-order chi connectivity index (χ0) is 22.0. The Labute approximate surface area is 179 Å². The lowest BCUT2D eigenvalue weighted by molar-refractivity contribution is -0.114. The van der Waals surface area contributed by atoms with E-state index in [0.717, 1.165) is 28.0 Å². The number of nitrogens with zero attached hydrogens (tertiary/aromatic N) is 3. The minimum Gasteiger partial charge on any atom is -0.733 e. The lowest BCUT2D eigenvalue weighted by Gasteiger charge is -2.21. The van der Waals surface area contributed by atoms with Crippen LogP contribution in [-0.4, -0.2) is 20.7 Å². The molecule has 0 saturated carbocycles. The van der Waals surface area contributed by atoms with Gasteiger partial charge >= 0.3 is 0 Å². The molecule has 4 aromatic rings. The quantitative estimate of drug-likeness (QED) is 0.441. The number of nitrogens with one attached hydrogen (secondary N) is 1. The molecule has 0 fully saturated rings. The maximum atomic E-state index is 11.3. The van der Waals surface area contributed by atoms with E-state index < -0.39 is 0 Å². The third-order valence-corrected chi connectivity index (χ3v) is 4.83. The zero-order valence-corrected chi connectivity index (χ0v) is 17.1. The first-order chi connectivity index (χ1) is 14.9. The maximum absolute atomic E-state index is 11.3. The smallest absolute Gasteiger partial charge is 0.221 e. The molecule has 1 amide bonds. The number of fused-ring (bicyclic) bond motifs is 1. The molecule has 7 heteroatoms. The third-order valence-electron chi connectivity index (χ3n) is 4.83. The summed E-state index contributed by atoms with van der Waals surface area (Å²) in [6, 6.07) is 20.4. The van der Waals surface area contributed by atoms with E-state index >= 15 is 0 Å². The second-order valence-electron chi connectivity index (χ2n) is 7.22. The zero-order valence-electron chi connectivity index (χ0n) is 17.1. The normalized spacial score (nSPS) is 11.2. The number of imidazole rings is 1. The largest absolute Gasteiger partial charge is 0.733 e. The fourth-order valence-corrected chi connectivity index (χ4v) is 3.33. The number of carbonyl (C=O) groups excluding carboxylic acids is 1. The van der Waals surface area contributed by atoms with Gasteiger partial charge in [0.1, 0.15) is 5.82 Å². The fraction of sp³-hybridized carbons (Fsp3) is 0.0833. The summed E-state index contributed by atoms with van der Waals surface area (Å²) >= 11 is 0. The van der Waals surface area contributed by atoms with Gasteiger partial charge in [0.25, 0.3) is 0 Å². The molecular formula is C24H21N4O3-. The Balaban J connectivity index is 1.76. The van der Waals surface area contributed by atoms with Crippen molar-refractivity contribution in [3.05, 3.63) is 88.9 Å². The summed E-state index contributed by atoms with van der Waals surface area (Å²) in [4.78, 5) is 15.8. The van der Waals surface area contributed by atoms with Crippen LogP contribution >= 0.6 is 0 Å².